The van der Waals surface area contributed by atoms with Gasteiger partial charge in [-0.3, -0.25) is 59.5 Å². The fraction of sp³-hybridized carbons (Fsp3) is 0. The van der Waals surface area contributed by atoms with Crippen molar-refractivity contribution >= 4 is 46.9 Å². The fourth-order valence-electron chi connectivity index (χ4n) is 4.82. The molecule has 8 aromatic rings. The molecule has 0 bridgehead atoms. The van der Waals surface area contributed by atoms with E-state index in [1.165, 1.54) is 44.4 Å². The van der Waals surface area contributed by atoms with E-state index in [1.54, 1.807) is 170 Å². The van der Waals surface area contributed by atoms with Gasteiger partial charge in [0.2, 0.25) is 0 Å². The number of hydrogen-bond donors (Lipinski definition) is 4. The molecule has 4 radical (unpaired) electrons. The van der Waals surface area contributed by atoms with E-state index in [2.05, 4.69) is 80.7 Å². The van der Waals surface area contributed by atoms with Crippen LogP contribution >= 0.6 is 0 Å². The van der Waals surface area contributed by atoms with Crippen molar-refractivity contribution in [1.82, 2.24) is 39.9 Å². The minimum absolute atomic E-state index is 0. The zero-order valence-electron chi connectivity index (χ0n) is 45.5. The first-order chi connectivity index (χ1) is 40.7. The number of rotatable bonds is 12. The molecular formula is C48H44Mn4N32O6. The van der Waals surface area contributed by atoms with Crippen molar-refractivity contribution in [3.8, 4) is 0 Å². The van der Waals surface area contributed by atoms with Gasteiger partial charge in [0.05, 0.1) is 22.8 Å². The minimum Gasteiger partial charge on any atom is -0.856 e. The maximum atomic E-state index is 11.6. The number of hydrogen-bond acceptors (Lipinski definition) is 20. The smallest absolute Gasteiger partial charge is 0.856 e. The molecule has 38 nitrogen and oxygen atoms in total. The van der Waals surface area contributed by atoms with Gasteiger partial charge in [-0.2, -0.15) is 20.4 Å². The van der Waals surface area contributed by atoms with Crippen molar-refractivity contribution in [2.24, 2.45) is 63.7 Å². The van der Waals surface area contributed by atoms with Crippen LogP contribution in [-0.2, 0) is 68.3 Å². The Kier molecular flexibility index (Phi) is 57.2. The van der Waals surface area contributed by atoms with E-state index >= 15 is 0 Å². The Morgan fingerprint density at radius 2 is 0.378 bits per heavy atom. The van der Waals surface area contributed by atoms with E-state index in [1.807, 2.05) is 0 Å². The first-order valence-electron chi connectivity index (χ1n) is 22.3. The van der Waals surface area contributed by atoms with Gasteiger partial charge < -0.3 is 98.6 Å². The van der Waals surface area contributed by atoms with Gasteiger partial charge in [-0.25, -0.2) is 0 Å². The van der Waals surface area contributed by atoms with Crippen LogP contribution in [-0.4, -0.2) is 97.8 Å². The Hall–Kier alpha value is -11.8. The van der Waals surface area contributed by atoms with E-state index in [0.717, 1.165) is 0 Å². The zero-order chi connectivity index (χ0) is 62.0. The van der Waals surface area contributed by atoms with Crippen molar-refractivity contribution in [1.29, 1.82) is 0 Å². The Balaban J connectivity index is -0.000000241. The molecule has 460 valence electrons. The molecule has 0 saturated carbocycles. The van der Waals surface area contributed by atoms with Crippen LogP contribution in [0.5, 0.6) is 0 Å². The molecule has 0 aromatic carbocycles. The molecule has 0 amide bonds. The minimum atomic E-state index is -0.547. The molecule has 8 aromatic heterocycles. The number of aromatic nitrogens is 8. The largest absolute Gasteiger partial charge is 2.00 e. The molecule has 0 fully saturated rings. The molecule has 42 heteroatoms. The molecule has 0 aliphatic heterocycles. The average molecular weight is 1380 g/mol. The predicted octanol–water partition coefficient (Wildman–Crippen LogP) is 1.42. The number of pyridine rings is 8. The summed E-state index contributed by atoms with van der Waals surface area (Å²) < 4.78 is 0. The van der Waals surface area contributed by atoms with E-state index in [-0.39, 0.29) is 125 Å². The van der Waals surface area contributed by atoms with Crippen LogP contribution in [0.1, 0.15) is 45.6 Å². The molecule has 0 spiro atoms. The van der Waals surface area contributed by atoms with Gasteiger partial charge >= 0.3 is 68.3 Å². The normalized spacial score (nSPS) is 10.3. The molecule has 0 aliphatic carbocycles. The quantitative estimate of drug-likeness (QED) is 0.0256. The van der Waals surface area contributed by atoms with Crippen molar-refractivity contribution in [3.05, 3.63) is 305 Å². The topological polar surface area (TPSA) is 696 Å². The van der Waals surface area contributed by atoms with Crippen LogP contribution in [0, 0.1) is 0 Å². The van der Waals surface area contributed by atoms with Crippen molar-refractivity contribution in [2.75, 3.05) is 0 Å². The molecule has 0 atom stereocenters. The Morgan fingerprint density at radius 3 is 0.489 bits per heavy atom. The average Bonchev–Trinajstić information content (AvgIpc) is 3.74. The van der Waals surface area contributed by atoms with E-state index in [0.29, 0.717) is 22.8 Å². The van der Waals surface area contributed by atoms with Crippen molar-refractivity contribution in [3.63, 3.8) is 0 Å². The molecule has 90 heavy (non-hydrogen) atoms. The second-order valence-electron chi connectivity index (χ2n) is 13.6. The first-order valence-corrected chi connectivity index (χ1v) is 22.3. The second kappa shape index (κ2) is 57.6. The summed E-state index contributed by atoms with van der Waals surface area (Å²) in [6, 6.07) is 40.7. The van der Waals surface area contributed by atoms with Crippen LogP contribution in [0.4, 0.5) is 0 Å². The summed E-state index contributed by atoms with van der Waals surface area (Å²) in [5.74, 6) is -1.85. The predicted molar refractivity (Wildman–Crippen MR) is 310 cm³/mol. The van der Waals surface area contributed by atoms with Crippen LogP contribution in [0.25, 0.3) is 63.9 Å². The fourth-order valence-corrected chi connectivity index (χ4v) is 4.82. The number of nitrogens with two attached hydrogens (primary N) is 4. The summed E-state index contributed by atoms with van der Waals surface area (Å²) in [6.45, 7) is 0. The summed E-state index contributed by atoms with van der Waals surface area (Å²) in [6.07, 6.45) is 12.4. The van der Waals surface area contributed by atoms with E-state index < -0.39 is 23.6 Å². The molecule has 0 saturated heterocycles. The SMILES string of the molecule is N/C(=N\N=C(/[O-])c1ccccn1)c1ccccn1.N/C(=N\N=C(/[O-])c1ccccn1)c1ccccn1.N/C(=N\N=C(/[O-])c1ccccn1)c1ccccn1.N/C(=N\N=C(/[O-])c1ccccn1)c1ccccn1.O.O.[Mn+2].[Mn+2].[Mn+2].[Mn+2].[N-]=[N+]=[N-].[N-]=[N+]=[N-].[N-]=[N+]=[N-].[N-]=[N+]=[N-]. The van der Waals surface area contributed by atoms with E-state index in [4.69, 9.17) is 67.2 Å². The van der Waals surface area contributed by atoms with Gasteiger partial charge in [-0.15, -0.1) is 20.4 Å². The third-order valence-electron chi connectivity index (χ3n) is 8.24. The van der Waals surface area contributed by atoms with Crippen LogP contribution < -0.4 is 43.4 Å². The van der Waals surface area contributed by atoms with Gasteiger partial charge in [0, 0.05) is 73.2 Å². The van der Waals surface area contributed by atoms with Crippen molar-refractivity contribution < 1.29 is 99.7 Å². The molecular weight excluding hydrogens is 1340 g/mol. The van der Waals surface area contributed by atoms with E-state index in [9.17, 15) is 20.4 Å². The third-order valence-corrected chi connectivity index (χ3v) is 8.24. The van der Waals surface area contributed by atoms with Crippen LogP contribution in [0.15, 0.2) is 236 Å². The molecule has 0 aliphatic rings. The van der Waals surface area contributed by atoms with Crippen LogP contribution in [0.2, 0.25) is 0 Å². The molecule has 8 rings (SSSR count). The Morgan fingerprint density at radius 1 is 0.256 bits per heavy atom. The molecule has 8 heterocycles. The van der Waals surface area contributed by atoms with Gasteiger partial charge in [-0.1, -0.05) is 48.5 Å². The summed E-state index contributed by atoms with van der Waals surface area (Å²) in [7, 11) is 0. The first kappa shape index (κ1) is 89.4. The van der Waals surface area contributed by atoms with Gasteiger partial charge in [0.1, 0.15) is 22.8 Å². The second-order valence-corrected chi connectivity index (χ2v) is 13.6. The van der Waals surface area contributed by atoms with Crippen molar-refractivity contribution in [2.45, 2.75) is 0 Å². The molecule has 12 N–H and O–H groups in total. The van der Waals surface area contributed by atoms with Gasteiger partial charge in [0.25, 0.3) is 0 Å². The molecule has 0 unspecified atom stereocenters. The zero-order valence-corrected chi connectivity index (χ0v) is 50.2. The summed E-state index contributed by atoms with van der Waals surface area (Å²) >= 11 is 0. The standard InChI is InChI=1S/4C12H11N5O.4Mn.4N3.2H2O/c4*13-11(9-5-1-3-7-14-9)16-17-12(18)10-6-2-4-8-15-10;;;;;4*1-3-2;;/h4*1-8H,(H2,13,16)(H,17,18);;;;;;;;;2*1H2/q;;;;4*+2;4*-1;;/p-4. The Labute approximate surface area is 551 Å². The maximum absolute atomic E-state index is 11.6. The summed E-state index contributed by atoms with van der Waals surface area (Å²) in [4.78, 5) is 37.4. The number of nitrogens with zero attached hydrogens (tertiary/aromatic N) is 28. The van der Waals surface area contributed by atoms with Gasteiger partial charge in [-0.05, 0) is 97.1 Å². The summed E-state index contributed by atoms with van der Waals surface area (Å²) in [5.41, 5.74) is 79.3. The van der Waals surface area contributed by atoms with Gasteiger partial charge in [0.15, 0.2) is 23.3 Å². The maximum Gasteiger partial charge on any atom is 2.00 e. The summed E-state index contributed by atoms with van der Waals surface area (Å²) in [5, 5.41) is 74.8. The number of amidine groups is 4. The Bertz CT molecular complexity index is 2880. The third kappa shape index (κ3) is 39.7. The van der Waals surface area contributed by atoms with Crippen LogP contribution in [0.3, 0.4) is 0 Å². The monoisotopic (exact) mass is 1380 g/mol.